The van der Waals surface area contributed by atoms with Crippen LogP contribution in [0.2, 0.25) is 5.02 Å². The van der Waals surface area contributed by atoms with Gasteiger partial charge in [0.05, 0.1) is 0 Å². The van der Waals surface area contributed by atoms with Crippen molar-refractivity contribution in [1.82, 2.24) is 0 Å². The molecule has 2 N–H and O–H groups in total. The van der Waals surface area contributed by atoms with Gasteiger partial charge < -0.3 is 5.73 Å². The van der Waals surface area contributed by atoms with E-state index < -0.39 is 0 Å². The lowest BCUT2D eigenvalue weighted by Crippen LogP contribution is -2.11. The lowest BCUT2D eigenvalue weighted by molar-refractivity contribution is 0.0977. The second-order valence-corrected chi connectivity index (χ2v) is 6.16. The van der Waals surface area contributed by atoms with Crippen LogP contribution in [0.15, 0.2) is 78.9 Å². The number of rotatable bonds is 5. The number of carbonyl (C=O) groups excluding carboxylic acids is 1. The molecule has 0 fully saturated rings. The maximum Gasteiger partial charge on any atom is 0.163 e. The topological polar surface area (TPSA) is 43.1 Å². The van der Waals surface area contributed by atoms with E-state index in [1.54, 1.807) is 0 Å². The molecule has 0 saturated carbocycles. The van der Waals surface area contributed by atoms with Gasteiger partial charge in [-0.25, -0.2) is 0 Å². The fourth-order valence-electron chi connectivity index (χ4n) is 2.86. The van der Waals surface area contributed by atoms with E-state index in [0.717, 1.165) is 11.1 Å². The van der Waals surface area contributed by atoms with Crippen LogP contribution in [0, 0.1) is 0 Å². The molecular formula is C21H18ClNO. The lowest BCUT2D eigenvalue weighted by atomic mass is 9.85. The zero-order valence-electron chi connectivity index (χ0n) is 13.2. The fraction of sp³-hybridized carbons (Fsp3) is 0.0952. The van der Waals surface area contributed by atoms with Gasteiger partial charge in [0.15, 0.2) is 5.78 Å². The summed E-state index contributed by atoms with van der Waals surface area (Å²) in [7, 11) is 0. The van der Waals surface area contributed by atoms with E-state index in [9.17, 15) is 4.79 Å². The fourth-order valence-corrected chi connectivity index (χ4v) is 2.98. The van der Waals surface area contributed by atoms with Gasteiger partial charge in [0.25, 0.3) is 0 Å². The molecule has 0 aliphatic rings. The van der Waals surface area contributed by atoms with E-state index >= 15 is 0 Å². The summed E-state index contributed by atoms with van der Waals surface area (Å²) in [5, 5.41) is 0.674. The van der Waals surface area contributed by atoms with Crippen LogP contribution in [0.3, 0.4) is 0 Å². The zero-order valence-corrected chi connectivity index (χ0v) is 13.9. The average Bonchev–Trinajstić information content (AvgIpc) is 2.62. The monoisotopic (exact) mass is 335 g/mol. The number of para-hydroxylation sites is 1. The summed E-state index contributed by atoms with van der Waals surface area (Å²) in [6.07, 6.45) is 0.361. The molecule has 3 aromatic carbocycles. The molecule has 0 saturated heterocycles. The van der Waals surface area contributed by atoms with Crippen LogP contribution in [0.1, 0.15) is 33.8 Å². The summed E-state index contributed by atoms with van der Waals surface area (Å²) in [4.78, 5) is 12.7. The van der Waals surface area contributed by atoms with Crippen molar-refractivity contribution < 1.29 is 4.79 Å². The second-order valence-electron chi connectivity index (χ2n) is 5.73. The molecule has 0 spiro atoms. The predicted octanol–water partition coefficient (Wildman–Crippen LogP) is 5.33. The minimum atomic E-state index is -0.101. The largest absolute Gasteiger partial charge is 0.398 e. The molecule has 120 valence electrons. The van der Waals surface area contributed by atoms with Crippen LogP contribution in [-0.2, 0) is 0 Å². The molecule has 0 amide bonds. The molecule has 0 aromatic heterocycles. The summed E-state index contributed by atoms with van der Waals surface area (Å²) in [5.41, 5.74) is 9.56. The van der Waals surface area contributed by atoms with Gasteiger partial charge in [-0.2, -0.15) is 0 Å². The molecule has 0 heterocycles. The summed E-state index contributed by atoms with van der Waals surface area (Å²) in [6.45, 7) is 0. The van der Waals surface area contributed by atoms with Gasteiger partial charge in [0.1, 0.15) is 0 Å². The molecule has 0 bridgehead atoms. The summed E-state index contributed by atoms with van der Waals surface area (Å²) in [6, 6.07) is 24.6. The van der Waals surface area contributed by atoms with Crippen molar-refractivity contribution in [1.29, 1.82) is 0 Å². The lowest BCUT2D eigenvalue weighted by Gasteiger charge is -2.19. The van der Waals surface area contributed by atoms with Crippen molar-refractivity contribution >= 4 is 23.1 Å². The summed E-state index contributed by atoms with van der Waals surface area (Å²) >= 11 is 6.00. The van der Waals surface area contributed by atoms with Gasteiger partial charge in [-0.05, 0) is 29.3 Å². The van der Waals surface area contributed by atoms with Crippen molar-refractivity contribution in [3.05, 3.63) is 101 Å². The molecule has 0 aliphatic carbocycles. The Kier molecular flexibility index (Phi) is 4.97. The molecule has 3 aromatic rings. The SMILES string of the molecule is Nc1ccccc1C(CC(=O)c1ccccc1)c1ccc(Cl)cc1. The Morgan fingerprint density at radius 2 is 1.50 bits per heavy atom. The number of Topliss-reactive ketones (excluding diaryl/α,β-unsaturated/α-hetero) is 1. The quantitative estimate of drug-likeness (QED) is 0.506. The number of nitrogens with two attached hydrogens (primary N) is 1. The highest BCUT2D eigenvalue weighted by Crippen LogP contribution is 2.33. The summed E-state index contributed by atoms with van der Waals surface area (Å²) in [5.74, 6) is -0.00465. The van der Waals surface area contributed by atoms with E-state index in [1.807, 2.05) is 78.9 Å². The minimum absolute atomic E-state index is 0.0961. The van der Waals surface area contributed by atoms with Crippen LogP contribution in [0.4, 0.5) is 5.69 Å². The Morgan fingerprint density at radius 1 is 0.875 bits per heavy atom. The highest BCUT2D eigenvalue weighted by atomic mass is 35.5. The third kappa shape index (κ3) is 3.66. The van der Waals surface area contributed by atoms with E-state index in [1.165, 1.54) is 0 Å². The van der Waals surface area contributed by atoms with Crippen LogP contribution in [-0.4, -0.2) is 5.78 Å². The molecule has 3 rings (SSSR count). The molecule has 0 aliphatic heterocycles. The molecule has 1 unspecified atom stereocenters. The highest BCUT2D eigenvalue weighted by molar-refractivity contribution is 6.30. The van der Waals surface area contributed by atoms with Crippen molar-refractivity contribution in [3.63, 3.8) is 0 Å². The molecule has 0 radical (unpaired) electrons. The normalized spacial score (nSPS) is 11.9. The second kappa shape index (κ2) is 7.33. The number of anilines is 1. The van der Waals surface area contributed by atoms with E-state index in [-0.39, 0.29) is 11.7 Å². The highest BCUT2D eigenvalue weighted by Gasteiger charge is 2.21. The third-order valence-corrected chi connectivity index (χ3v) is 4.38. The van der Waals surface area contributed by atoms with Gasteiger partial charge in [-0.1, -0.05) is 72.3 Å². The molecule has 24 heavy (non-hydrogen) atoms. The molecular weight excluding hydrogens is 318 g/mol. The van der Waals surface area contributed by atoms with Crippen molar-refractivity contribution in [2.75, 3.05) is 5.73 Å². The number of carbonyl (C=O) groups is 1. The van der Waals surface area contributed by atoms with Gasteiger partial charge in [-0.3, -0.25) is 4.79 Å². The number of hydrogen-bond donors (Lipinski definition) is 1. The van der Waals surface area contributed by atoms with Gasteiger partial charge in [-0.15, -0.1) is 0 Å². The van der Waals surface area contributed by atoms with Gasteiger partial charge in [0, 0.05) is 28.6 Å². The predicted molar refractivity (Wildman–Crippen MR) is 99.5 cm³/mol. The van der Waals surface area contributed by atoms with E-state index in [2.05, 4.69) is 0 Å². The first-order chi connectivity index (χ1) is 11.6. The van der Waals surface area contributed by atoms with Crippen LogP contribution < -0.4 is 5.73 Å². The Labute approximate surface area is 146 Å². The van der Waals surface area contributed by atoms with E-state index in [0.29, 0.717) is 22.7 Å². The zero-order chi connectivity index (χ0) is 16.9. The third-order valence-electron chi connectivity index (χ3n) is 4.13. The van der Waals surface area contributed by atoms with Crippen LogP contribution >= 0.6 is 11.6 Å². The van der Waals surface area contributed by atoms with Crippen molar-refractivity contribution in [2.24, 2.45) is 0 Å². The van der Waals surface area contributed by atoms with Crippen LogP contribution in [0.25, 0.3) is 0 Å². The van der Waals surface area contributed by atoms with Gasteiger partial charge >= 0.3 is 0 Å². The number of nitrogen functional groups attached to an aromatic ring is 1. The van der Waals surface area contributed by atoms with Crippen molar-refractivity contribution in [2.45, 2.75) is 12.3 Å². The number of ketones is 1. The first-order valence-corrected chi connectivity index (χ1v) is 8.21. The maximum atomic E-state index is 12.7. The Hall–Kier alpha value is -2.58. The maximum absolute atomic E-state index is 12.7. The molecule has 2 nitrogen and oxygen atoms in total. The molecule has 3 heteroatoms. The first-order valence-electron chi connectivity index (χ1n) is 7.83. The minimum Gasteiger partial charge on any atom is -0.398 e. The number of hydrogen-bond acceptors (Lipinski definition) is 2. The standard InChI is InChI=1S/C21H18ClNO/c22-17-12-10-15(11-13-17)19(18-8-4-5-9-20(18)23)14-21(24)16-6-2-1-3-7-16/h1-13,19H,14,23H2. The summed E-state index contributed by atoms with van der Waals surface area (Å²) < 4.78 is 0. The smallest absolute Gasteiger partial charge is 0.163 e. The van der Waals surface area contributed by atoms with Gasteiger partial charge in [0.2, 0.25) is 0 Å². The average molecular weight is 336 g/mol. The number of benzene rings is 3. The first kappa shape index (κ1) is 16.3. The Morgan fingerprint density at radius 3 is 2.17 bits per heavy atom. The van der Waals surface area contributed by atoms with E-state index in [4.69, 9.17) is 17.3 Å². The Balaban J connectivity index is 1.98. The molecule has 1 atom stereocenters. The number of halogens is 1. The van der Waals surface area contributed by atoms with Crippen molar-refractivity contribution in [3.8, 4) is 0 Å². The van der Waals surface area contributed by atoms with Crippen LogP contribution in [0.5, 0.6) is 0 Å². The Bertz CT molecular complexity index is 828.